The molecule has 2 amide bonds. The molecule has 0 aliphatic rings. The van der Waals surface area contributed by atoms with Crippen LogP contribution in [0.4, 0.5) is 5.13 Å². The number of amides is 2. The lowest BCUT2D eigenvalue weighted by molar-refractivity contribution is -0.116. The van der Waals surface area contributed by atoms with Crippen molar-refractivity contribution in [3.63, 3.8) is 0 Å². The average molecular weight is 424 g/mol. The number of nitrogens with zero attached hydrogens (tertiary/aromatic N) is 1. The standard InChI is InChI=1S/C18H15Cl2N3O3S/c19-11-5-6-13(20)12(9-11)14-10-27-18(22-14)23-16(24)4-1-7-21-17(25)15-3-2-8-26-15/h2-3,5-6,8-10H,1,4,7H2,(H,21,25)(H,22,23,24). The van der Waals surface area contributed by atoms with Gasteiger partial charge in [0.25, 0.3) is 5.91 Å². The maximum atomic E-state index is 12.0. The average Bonchev–Trinajstić information content (AvgIpc) is 3.32. The normalized spacial score (nSPS) is 10.6. The molecule has 0 aliphatic carbocycles. The van der Waals surface area contributed by atoms with Crippen molar-refractivity contribution in [1.82, 2.24) is 10.3 Å². The predicted octanol–water partition coefficient (Wildman–Crippen LogP) is 4.86. The molecule has 3 rings (SSSR count). The van der Waals surface area contributed by atoms with Gasteiger partial charge in [0.15, 0.2) is 10.9 Å². The molecule has 0 spiro atoms. The Labute approximate surface area is 169 Å². The van der Waals surface area contributed by atoms with E-state index in [9.17, 15) is 9.59 Å². The Morgan fingerprint density at radius 3 is 2.85 bits per heavy atom. The van der Waals surface area contributed by atoms with Crippen LogP contribution < -0.4 is 10.6 Å². The molecule has 0 saturated carbocycles. The van der Waals surface area contributed by atoms with E-state index in [-0.39, 0.29) is 24.0 Å². The van der Waals surface area contributed by atoms with Crippen LogP contribution >= 0.6 is 34.5 Å². The number of hydrogen-bond donors (Lipinski definition) is 2. The molecule has 0 unspecified atom stereocenters. The lowest BCUT2D eigenvalue weighted by Gasteiger charge is -2.04. The third kappa shape index (κ3) is 5.32. The highest BCUT2D eigenvalue weighted by Gasteiger charge is 2.12. The predicted molar refractivity (Wildman–Crippen MR) is 106 cm³/mol. The number of thiazole rings is 1. The number of aromatic nitrogens is 1. The summed E-state index contributed by atoms with van der Waals surface area (Å²) >= 11 is 13.5. The van der Waals surface area contributed by atoms with Gasteiger partial charge in [0.1, 0.15) is 0 Å². The minimum atomic E-state index is -0.302. The molecule has 0 atom stereocenters. The highest BCUT2D eigenvalue weighted by atomic mass is 35.5. The van der Waals surface area contributed by atoms with E-state index in [0.29, 0.717) is 39.4 Å². The van der Waals surface area contributed by atoms with Crippen LogP contribution in [0.3, 0.4) is 0 Å². The van der Waals surface area contributed by atoms with Crippen molar-refractivity contribution >= 4 is 51.5 Å². The number of nitrogens with one attached hydrogen (secondary N) is 2. The van der Waals surface area contributed by atoms with Gasteiger partial charge >= 0.3 is 0 Å². The summed E-state index contributed by atoms with van der Waals surface area (Å²) in [6, 6.07) is 8.35. The van der Waals surface area contributed by atoms with Gasteiger partial charge in [-0.1, -0.05) is 23.2 Å². The molecule has 2 N–H and O–H groups in total. The maximum Gasteiger partial charge on any atom is 0.286 e. The summed E-state index contributed by atoms with van der Waals surface area (Å²) in [7, 11) is 0. The fourth-order valence-electron chi connectivity index (χ4n) is 2.28. The molecule has 27 heavy (non-hydrogen) atoms. The third-order valence-corrected chi connectivity index (χ3v) is 4.89. The van der Waals surface area contributed by atoms with Crippen LogP contribution in [0.1, 0.15) is 23.4 Å². The lowest BCUT2D eigenvalue weighted by Crippen LogP contribution is -2.25. The van der Waals surface area contributed by atoms with Crippen molar-refractivity contribution in [2.45, 2.75) is 12.8 Å². The number of carbonyl (C=O) groups excluding carboxylic acids is 2. The van der Waals surface area contributed by atoms with E-state index in [1.807, 2.05) is 0 Å². The van der Waals surface area contributed by atoms with E-state index in [1.165, 1.54) is 17.6 Å². The minimum Gasteiger partial charge on any atom is -0.459 e. The second-order valence-corrected chi connectivity index (χ2v) is 7.25. The zero-order valence-electron chi connectivity index (χ0n) is 14.0. The van der Waals surface area contributed by atoms with E-state index < -0.39 is 0 Å². The number of benzene rings is 1. The van der Waals surface area contributed by atoms with Crippen molar-refractivity contribution in [2.75, 3.05) is 11.9 Å². The highest BCUT2D eigenvalue weighted by molar-refractivity contribution is 7.14. The Hall–Kier alpha value is -2.35. The molecular formula is C18H15Cl2N3O3S. The number of furan rings is 1. The Bertz CT molecular complexity index is 941. The van der Waals surface area contributed by atoms with E-state index in [0.717, 1.165) is 0 Å². The van der Waals surface area contributed by atoms with Gasteiger partial charge in [0.2, 0.25) is 5.91 Å². The summed E-state index contributed by atoms with van der Waals surface area (Å²) in [6.45, 7) is 0.369. The molecule has 0 fully saturated rings. The molecule has 1 aromatic carbocycles. The number of rotatable bonds is 7. The molecule has 0 aliphatic heterocycles. The highest BCUT2D eigenvalue weighted by Crippen LogP contribution is 2.32. The van der Waals surface area contributed by atoms with Crippen molar-refractivity contribution in [1.29, 1.82) is 0 Å². The van der Waals surface area contributed by atoms with Crippen LogP contribution in [0, 0.1) is 0 Å². The van der Waals surface area contributed by atoms with Crippen molar-refractivity contribution in [2.24, 2.45) is 0 Å². The molecular weight excluding hydrogens is 409 g/mol. The number of halogens is 2. The summed E-state index contributed by atoms with van der Waals surface area (Å²) in [5, 5.41) is 8.81. The van der Waals surface area contributed by atoms with E-state index in [2.05, 4.69) is 15.6 Å². The van der Waals surface area contributed by atoms with Gasteiger partial charge < -0.3 is 15.1 Å². The summed E-state index contributed by atoms with van der Waals surface area (Å²) in [5.74, 6) is -0.238. The van der Waals surface area contributed by atoms with Crippen molar-refractivity contribution in [3.8, 4) is 11.3 Å². The first kappa shape index (κ1) is 19.4. The monoisotopic (exact) mass is 423 g/mol. The Morgan fingerprint density at radius 2 is 2.07 bits per heavy atom. The fourth-order valence-corrected chi connectivity index (χ4v) is 3.39. The second kappa shape index (κ2) is 9.03. The van der Waals surface area contributed by atoms with Crippen LogP contribution in [0.5, 0.6) is 0 Å². The van der Waals surface area contributed by atoms with Crippen LogP contribution in [0.25, 0.3) is 11.3 Å². The van der Waals surface area contributed by atoms with Crippen molar-refractivity contribution < 1.29 is 14.0 Å². The van der Waals surface area contributed by atoms with Gasteiger partial charge in [-0.25, -0.2) is 4.98 Å². The van der Waals surface area contributed by atoms with Crippen LogP contribution in [-0.4, -0.2) is 23.3 Å². The van der Waals surface area contributed by atoms with Gasteiger partial charge in [-0.2, -0.15) is 0 Å². The molecule has 6 nitrogen and oxygen atoms in total. The molecule has 3 aromatic rings. The quantitative estimate of drug-likeness (QED) is 0.531. The minimum absolute atomic E-state index is 0.180. The summed E-state index contributed by atoms with van der Waals surface area (Å²) < 4.78 is 4.99. The third-order valence-electron chi connectivity index (χ3n) is 3.57. The number of carbonyl (C=O) groups is 2. The summed E-state index contributed by atoms with van der Waals surface area (Å²) in [4.78, 5) is 28.1. The molecule has 140 valence electrons. The van der Waals surface area contributed by atoms with E-state index >= 15 is 0 Å². The first-order valence-corrected chi connectivity index (χ1v) is 9.69. The van der Waals surface area contributed by atoms with Gasteiger partial charge in [-0.3, -0.25) is 9.59 Å². The van der Waals surface area contributed by atoms with Crippen LogP contribution in [0.2, 0.25) is 10.0 Å². The van der Waals surface area contributed by atoms with E-state index in [4.69, 9.17) is 27.6 Å². The van der Waals surface area contributed by atoms with Crippen LogP contribution in [-0.2, 0) is 4.79 Å². The number of anilines is 1. The Morgan fingerprint density at radius 1 is 1.22 bits per heavy atom. The molecule has 2 heterocycles. The Kier molecular flexibility index (Phi) is 6.49. The smallest absolute Gasteiger partial charge is 0.286 e. The molecule has 9 heteroatoms. The topological polar surface area (TPSA) is 84.2 Å². The first-order valence-electron chi connectivity index (χ1n) is 8.05. The lowest BCUT2D eigenvalue weighted by atomic mass is 10.2. The zero-order valence-corrected chi connectivity index (χ0v) is 16.3. The van der Waals surface area contributed by atoms with Crippen LogP contribution in [0.15, 0.2) is 46.4 Å². The van der Waals surface area contributed by atoms with Gasteiger partial charge in [-0.05, 0) is 36.8 Å². The molecule has 0 saturated heterocycles. The van der Waals surface area contributed by atoms with E-state index in [1.54, 1.807) is 35.7 Å². The van der Waals surface area contributed by atoms with Gasteiger partial charge in [-0.15, -0.1) is 11.3 Å². The van der Waals surface area contributed by atoms with Gasteiger partial charge in [0, 0.05) is 28.9 Å². The number of hydrogen-bond acceptors (Lipinski definition) is 5. The van der Waals surface area contributed by atoms with Gasteiger partial charge in [0.05, 0.1) is 17.0 Å². The summed E-state index contributed by atoms with van der Waals surface area (Å²) in [6.07, 6.45) is 2.18. The molecule has 0 radical (unpaired) electrons. The van der Waals surface area contributed by atoms with Crippen molar-refractivity contribution in [3.05, 3.63) is 57.8 Å². The Balaban J connectivity index is 1.47. The second-order valence-electron chi connectivity index (χ2n) is 5.55. The molecule has 0 bridgehead atoms. The zero-order chi connectivity index (χ0) is 19.2. The SMILES string of the molecule is O=C(CCCNC(=O)c1ccco1)Nc1nc(-c2cc(Cl)ccc2Cl)cs1. The summed E-state index contributed by atoms with van der Waals surface area (Å²) in [5.41, 5.74) is 1.36. The fraction of sp³-hybridized carbons (Fsp3) is 0.167. The first-order chi connectivity index (χ1) is 13.0. The largest absolute Gasteiger partial charge is 0.459 e. The molecule has 2 aromatic heterocycles. The maximum absolute atomic E-state index is 12.0.